The molecule has 126 valence electrons. The van der Waals surface area contributed by atoms with Crippen LogP contribution in [0.25, 0.3) is 0 Å². The number of benzene rings is 1. The molecule has 0 N–H and O–H groups in total. The summed E-state index contributed by atoms with van der Waals surface area (Å²) >= 11 is 3.09. The average molecular weight is 363 g/mol. The smallest absolute Gasteiger partial charge is 0.276 e. The van der Waals surface area contributed by atoms with E-state index in [1.807, 2.05) is 36.6 Å². The first-order chi connectivity index (χ1) is 11.7. The summed E-state index contributed by atoms with van der Waals surface area (Å²) in [6.07, 6.45) is 0.570. The van der Waals surface area contributed by atoms with Gasteiger partial charge in [-0.1, -0.05) is 11.8 Å². The number of rotatable bonds is 8. The van der Waals surface area contributed by atoms with Crippen molar-refractivity contribution in [3.05, 3.63) is 46.2 Å². The number of aryl methyl sites for hydroxylation is 1. The Hall–Kier alpha value is -2.06. The summed E-state index contributed by atoms with van der Waals surface area (Å²) in [6, 6.07) is 7.49. The van der Waals surface area contributed by atoms with Crippen LogP contribution in [0.5, 0.6) is 11.5 Å². The third kappa shape index (κ3) is 4.72. The molecule has 3 rings (SSSR count). The molecule has 2 heterocycles. The number of nitrogens with zero attached hydrogens (tertiary/aromatic N) is 3. The molecule has 0 saturated carbocycles. The molecule has 0 fully saturated rings. The molecular formula is C16H17N3O3S2. The number of thioether (sulfide) groups is 1. The van der Waals surface area contributed by atoms with Gasteiger partial charge in [0.25, 0.3) is 5.22 Å². The van der Waals surface area contributed by atoms with E-state index in [1.54, 1.807) is 18.4 Å². The third-order valence-corrected chi connectivity index (χ3v) is 4.69. The van der Waals surface area contributed by atoms with Crippen LogP contribution in [0.1, 0.15) is 16.6 Å². The Morgan fingerprint density at radius 2 is 1.96 bits per heavy atom. The van der Waals surface area contributed by atoms with Gasteiger partial charge in [-0.3, -0.25) is 0 Å². The third-order valence-electron chi connectivity index (χ3n) is 3.08. The number of hydrogen-bond donors (Lipinski definition) is 0. The molecule has 0 atom stereocenters. The molecular weight excluding hydrogens is 346 g/mol. The first-order valence-electron chi connectivity index (χ1n) is 7.36. The van der Waals surface area contributed by atoms with Crippen molar-refractivity contribution in [3.8, 4) is 11.5 Å². The van der Waals surface area contributed by atoms with Crippen molar-refractivity contribution in [2.24, 2.45) is 0 Å². The minimum Gasteiger partial charge on any atom is -0.497 e. The van der Waals surface area contributed by atoms with E-state index in [0.29, 0.717) is 24.1 Å². The number of thiazole rings is 1. The molecule has 0 aliphatic heterocycles. The lowest BCUT2D eigenvalue weighted by Gasteiger charge is -2.05. The standard InChI is InChI=1S/C16H17N3O3S2/c1-11-17-12(10-24-11)9-15-18-19-16(22-15)23-8-7-21-14-5-3-13(20-2)4-6-14/h3-6,10H,7-9H2,1-2H3. The first-order valence-corrected chi connectivity index (χ1v) is 9.22. The Balaban J connectivity index is 1.42. The van der Waals surface area contributed by atoms with Gasteiger partial charge in [-0.2, -0.15) is 0 Å². The summed E-state index contributed by atoms with van der Waals surface area (Å²) in [6.45, 7) is 2.53. The summed E-state index contributed by atoms with van der Waals surface area (Å²) in [4.78, 5) is 4.39. The maximum atomic E-state index is 5.66. The predicted octanol–water partition coefficient (Wildman–Crippen LogP) is 3.61. The van der Waals surface area contributed by atoms with Crippen LogP contribution in [0, 0.1) is 6.92 Å². The van der Waals surface area contributed by atoms with E-state index in [0.717, 1.165) is 28.0 Å². The molecule has 0 unspecified atom stereocenters. The van der Waals surface area contributed by atoms with Crippen molar-refractivity contribution in [2.45, 2.75) is 18.6 Å². The van der Waals surface area contributed by atoms with Gasteiger partial charge in [-0.25, -0.2) is 4.98 Å². The number of ether oxygens (including phenoxy) is 2. The highest BCUT2D eigenvalue weighted by Crippen LogP contribution is 2.20. The van der Waals surface area contributed by atoms with E-state index in [1.165, 1.54) is 11.8 Å². The van der Waals surface area contributed by atoms with Gasteiger partial charge in [0, 0.05) is 11.1 Å². The molecule has 0 saturated heterocycles. The van der Waals surface area contributed by atoms with Crippen molar-refractivity contribution in [1.29, 1.82) is 0 Å². The summed E-state index contributed by atoms with van der Waals surface area (Å²) in [5.74, 6) is 2.93. The topological polar surface area (TPSA) is 70.3 Å². The lowest BCUT2D eigenvalue weighted by Crippen LogP contribution is -1.99. The fraction of sp³-hybridized carbons (Fsp3) is 0.312. The van der Waals surface area contributed by atoms with Crippen molar-refractivity contribution in [3.63, 3.8) is 0 Å². The zero-order valence-electron chi connectivity index (χ0n) is 13.4. The second-order valence-corrected chi connectivity index (χ2v) is 6.98. The van der Waals surface area contributed by atoms with Gasteiger partial charge >= 0.3 is 0 Å². The minimum atomic E-state index is 0.551. The Labute approximate surface area is 148 Å². The summed E-state index contributed by atoms with van der Waals surface area (Å²) in [5.41, 5.74) is 0.959. The van der Waals surface area contributed by atoms with E-state index in [-0.39, 0.29) is 0 Å². The van der Waals surface area contributed by atoms with Gasteiger partial charge in [-0.05, 0) is 31.2 Å². The highest BCUT2D eigenvalue weighted by atomic mass is 32.2. The van der Waals surface area contributed by atoms with Crippen LogP contribution in [0.4, 0.5) is 0 Å². The zero-order valence-corrected chi connectivity index (χ0v) is 15.0. The molecule has 8 heteroatoms. The van der Waals surface area contributed by atoms with Crippen molar-refractivity contribution < 1.29 is 13.9 Å². The molecule has 0 aliphatic carbocycles. The fourth-order valence-electron chi connectivity index (χ4n) is 1.97. The Bertz CT molecular complexity index is 771. The summed E-state index contributed by atoms with van der Waals surface area (Å²) in [5, 5.41) is 11.7. The second kappa shape index (κ2) is 8.16. The van der Waals surface area contributed by atoms with Crippen LogP contribution in [-0.4, -0.2) is 34.7 Å². The summed E-state index contributed by atoms with van der Waals surface area (Å²) < 4.78 is 16.4. The fourth-order valence-corrected chi connectivity index (χ4v) is 3.18. The van der Waals surface area contributed by atoms with Crippen LogP contribution < -0.4 is 9.47 Å². The Kier molecular flexibility index (Phi) is 5.71. The highest BCUT2D eigenvalue weighted by molar-refractivity contribution is 7.99. The Morgan fingerprint density at radius 3 is 2.67 bits per heavy atom. The van der Waals surface area contributed by atoms with Gasteiger partial charge in [-0.15, -0.1) is 21.5 Å². The highest BCUT2D eigenvalue weighted by Gasteiger charge is 2.09. The van der Waals surface area contributed by atoms with Gasteiger partial charge < -0.3 is 13.9 Å². The van der Waals surface area contributed by atoms with Crippen molar-refractivity contribution in [2.75, 3.05) is 19.5 Å². The lowest BCUT2D eigenvalue weighted by atomic mass is 10.3. The lowest BCUT2D eigenvalue weighted by molar-refractivity contribution is 0.341. The number of aromatic nitrogens is 3. The van der Waals surface area contributed by atoms with E-state index in [2.05, 4.69) is 15.2 Å². The molecule has 0 radical (unpaired) electrons. The molecule has 1 aromatic carbocycles. The quantitative estimate of drug-likeness (QED) is 0.447. The van der Waals surface area contributed by atoms with Crippen LogP contribution in [-0.2, 0) is 6.42 Å². The molecule has 6 nitrogen and oxygen atoms in total. The zero-order chi connectivity index (χ0) is 16.8. The van der Waals surface area contributed by atoms with Gasteiger partial charge in [0.1, 0.15) is 11.5 Å². The second-order valence-electron chi connectivity index (χ2n) is 4.87. The van der Waals surface area contributed by atoms with Gasteiger partial charge in [0.2, 0.25) is 5.89 Å². The van der Waals surface area contributed by atoms with E-state index in [9.17, 15) is 0 Å². The van der Waals surface area contributed by atoms with Gasteiger partial charge in [0.15, 0.2) is 0 Å². The van der Waals surface area contributed by atoms with Crippen LogP contribution >= 0.6 is 23.1 Å². The number of hydrogen-bond acceptors (Lipinski definition) is 8. The van der Waals surface area contributed by atoms with Crippen molar-refractivity contribution in [1.82, 2.24) is 15.2 Å². The van der Waals surface area contributed by atoms with Crippen LogP contribution in [0.15, 0.2) is 39.3 Å². The van der Waals surface area contributed by atoms with Crippen LogP contribution in [0.2, 0.25) is 0 Å². The molecule has 0 bridgehead atoms. The molecule has 2 aromatic heterocycles. The molecule has 0 amide bonds. The monoisotopic (exact) mass is 363 g/mol. The molecule has 0 spiro atoms. The van der Waals surface area contributed by atoms with Crippen LogP contribution in [0.3, 0.4) is 0 Å². The number of methoxy groups -OCH3 is 1. The van der Waals surface area contributed by atoms with E-state index < -0.39 is 0 Å². The minimum absolute atomic E-state index is 0.551. The maximum absolute atomic E-state index is 5.66. The molecule has 0 aliphatic rings. The summed E-state index contributed by atoms with van der Waals surface area (Å²) in [7, 11) is 1.64. The van der Waals surface area contributed by atoms with E-state index in [4.69, 9.17) is 13.9 Å². The SMILES string of the molecule is COc1ccc(OCCSc2nnc(Cc3csc(C)n3)o2)cc1. The molecule has 3 aromatic rings. The van der Waals surface area contributed by atoms with Gasteiger partial charge in [0.05, 0.1) is 30.8 Å². The Morgan fingerprint density at radius 1 is 1.17 bits per heavy atom. The van der Waals surface area contributed by atoms with Crippen molar-refractivity contribution >= 4 is 23.1 Å². The largest absolute Gasteiger partial charge is 0.497 e. The first kappa shape index (κ1) is 16.8. The predicted molar refractivity (Wildman–Crippen MR) is 93.2 cm³/mol. The maximum Gasteiger partial charge on any atom is 0.276 e. The normalized spacial score (nSPS) is 10.8. The molecule has 24 heavy (non-hydrogen) atoms. The van der Waals surface area contributed by atoms with E-state index >= 15 is 0 Å². The average Bonchev–Trinajstić information content (AvgIpc) is 3.21.